The first-order chi connectivity index (χ1) is 11.2. The first kappa shape index (κ1) is 13.8. The summed E-state index contributed by atoms with van der Waals surface area (Å²) in [4.78, 5) is 27.6. The molecule has 4 rings (SSSR count). The molecule has 0 spiro atoms. The van der Waals surface area contributed by atoms with E-state index in [1.54, 1.807) is 15.9 Å². The van der Waals surface area contributed by atoms with E-state index in [1.165, 1.54) is 0 Å². The van der Waals surface area contributed by atoms with E-state index < -0.39 is 0 Å². The van der Waals surface area contributed by atoms with Crippen LogP contribution in [0.4, 0.5) is 4.79 Å². The van der Waals surface area contributed by atoms with Crippen LogP contribution in [0.5, 0.6) is 0 Å². The first-order valence-electron chi connectivity index (χ1n) is 7.56. The zero-order chi connectivity index (χ0) is 15.8. The predicted octanol–water partition coefficient (Wildman–Crippen LogP) is 1.35. The summed E-state index contributed by atoms with van der Waals surface area (Å²) in [6.07, 6.45) is -0.282. The Morgan fingerprint density at radius 1 is 1.26 bits per heavy atom. The minimum Gasteiger partial charge on any atom is -0.447 e. The van der Waals surface area contributed by atoms with Crippen LogP contribution in [0.25, 0.3) is 11.3 Å². The lowest BCUT2D eigenvalue weighted by Crippen LogP contribution is -2.53. The third kappa shape index (κ3) is 2.44. The normalized spacial score (nSPS) is 20.3. The summed E-state index contributed by atoms with van der Waals surface area (Å²) in [6.45, 7) is 1.85. The van der Waals surface area contributed by atoms with Gasteiger partial charge in [-0.25, -0.2) is 4.79 Å². The number of ether oxygens (including phenoxy) is 1. The molecule has 2 amide bonds. The van der Waals surface area contributed by atoms with Crippen molar-refractivity contribution in [2.75, 3.05) is 26.2 Å². The minimum absolute atomic E-state index is 0.0447. The molecule has 1 aromatic heterocycles. The molecule has 2 aliphatic heterocycles. The number of amides is 2. The Kier molecular flexibility index (Phi) is 3.25. The molecule has 1 N–H and O–H groups in total. The first-order valence-corrected chi connectivity index (χ1v) is 7.56. The third-order valence-electron chi connectivity index (χ3n) is 4.28. The van der Waals surface area contributed by atoms with Gasteiger partial charge < -0.3 is 9.64 Å². The standard InChI is InChI=1S/C16H16N4O3/c21-15(19-6-7-20-12(9-19)10-23-16(20)22)14-8-13(17-18-14)11-4-2-1-3-5-11/h1-5,8,12H,6-7,9-10H2,(H,17,18)/t12-/m1/s1. The molecule has 1 atom stereocenters. The van der Waals surface area contributed by atoms with Crippen molar-refractivity contribution in [2.45, 2.75) is 6.04 Å². The van der Waals surface area contributed by atoms with Gasteiger partial charge in [-0.1, -0.05) is 30.3 Å². The van der Waals surface area contributed by atoms with E-state index in [4.69, 9.17) is 4.74 Å². The van der Waals surface area contributed by atoms with E-state index in [9.17, 15) is 9.59 Å². The second-order valence-corrected chi connectivity index (χ2v) is 5.71. The topological polar surface area (TPSA) is 78.5 Å². The maximum absolute atomic E-state index is 12.6. The number of nitrogens with one attached hydrogen (secondary N) is 1. The van der Waals surface area contributed by atoms with Crippen LogP contribution in [-0.2, 0) is 4.74 Å². The van der Waals surface area contributed by atoms with Crippen LogP contribution in [0.1, 0.15) is 10.5 Å². The van der Waals surface area contributed by atoms with E-state index in [-0.39, 0.29) is 18.0 Å². The molecule has 0 radical (unpaired) electrons. The van der Waals surface area contributed by atoms with Crippen molar-refractivity contribution >= 4 is 12.0 Å². The van der Waals surface area contributed by atoms with Gasteiger partial charge >= 0.3 is 6.09 Å². The maximum atomic E-state index is 12.6. The zero-order valence-corrected chi connectivity index (χ0v) is 12.4. The van der Waals surface area contributed by atoms with E-state index in [1.807, 2.05) is 30.3 Å². The van der Waals surface area contributed by atoms with Crippen molar-refractivity contribution in [3.05, 3.63) is 42.1 Å². The molecule has 2 aromatic rings. The average molecular weight is 312 g/mol. The number of benzene rings is 1. The second-order valence-electron chi connectivity index (χ2n) is 5.71. The molecule has 0 bridgehead atoms. The van der Waals surface area contributed by atoms with Gasteiger partial charge in [-0.3, -0.25) is 14.8 Å². The van der Waals surface area contributed by atoms with E-state index in [0.29, 0.717) is 31.9 Å². The fourth-order valence-corrected chi connectivity index (χ4v) is 3.03. The summed E-state index contributed by atoms with van der Waals surface area (Å²) >= 11 is 0. The van der Waals surface area contributed by atoms with Crippen LogP contribution >= 0.6 is 0 Å². The Hall–Kier alpha value is -2.83. The molecule has 23 heavy (non-hydrogen) atoms. The van der Waals surface area contributed by atoms with Crippen LogP contribution in [0, 0.1) is 0 Å². The third-order valence-corrected chi connectivity index (χ3v) is 4.28. The summed E-state index contributed by atoms with van der Waals surface area (Å²) < 4.78 is 5.02. The highest BCUT2D eigenvalue weighted by Crippen LogP contribution is 2.21. The molecule has 0 aliphatic carbocycles. The Balaban J connectivity index is 1.50. The summed E-state index contributed by atoms with van der Waals surface area (Å²) in [6, 6.07) is 11.4. The quantitative estimate of drug-likeness (QED) is 0.908. The number of carbonyl (C=O) groups excluding carboxylic acids is 2. The van der Waals surface area contributed by atoms with Crippen LogP contribution in [-0.4, -0.2) is 64.3 Å². The molecule has 2 saturated heterocycles. The number of rotatable bonds is 2. The van der Waals surface area contributed by atoms with Gasteiger partial charge in [0.05, 0.1) is 11.7 Å². The van der Waals surface area contributed by atoms with Crippen LogP contribution in [0.2, 0.25) is 0 Å². The number of aromatic nitrogens is 2. The van der Waals surface area contributed by atoms with Crippen molar-refractivity contribution < 1.29 is 14.3 Å². The van der Waals surface area contributed by atoms with Crippen LogP contribution < -0.4 is 0 Å². The maximum Gasteiger partial charge on any atom is 0.410 e. The smallest absolute Gasteiger partial charge is 0.410 e. The number of H-pyrrole nitrogens is 1. The Labute approximate surface area is 132 Å². The number of hydrogen-bond donors (Lipinski definition) is 1. The number of piperazine rings is 1. The second kappa shape index (κ2) is 5.42. The molecule has 0 unspecified atom stereocenters. The number of fused-ring (bicyclic) bond motifs is 1. The van der Waals surface area contributed by atoms with Gasteiger partial charge in [0.1, 0.15) is 12.3 Å². The number of aromatic amines is 1. The van der Waals surface area contributed by atoms with E-state index in [0.717, 1.165) is 11.3 Å². The molecular weight excluding hydrogens is 296 g/mol. The number of carbonyl (C=O) groups is 2. The van der Waals surface area contributed by atoms with Gasteiger partial charge in [0.25, 0.3) is 5.91 Å². The van der Waals surface area contributed by atoms with Crippen molar-refractivity contribution in [1.82, 2.24) is 20.0 Å². The monoisotopic (exact) mass is 312 g/mol. The largest absolute Gasteiger partial charge is 0.447 e. The molecular formula is C16H16N4O3. The average Bonchev–Trinajstić information content (AvgIpc) is 3.22. The minimum atomic E-state index is -0.282. The van der Waals surface area contributed by atoms with Crippen molar-refractivity contribution in [3.63, 3.8) is 0 Å². The van der Waals surface area contributed by atoms with Gasteiger partial charge in [0.15, 0.2) is 0 Å². The zero-order valence-electron chi connectivity index (χ0n) is 12.4. The molecule has 2 aliphatic rings. The van der Waals surface area contributed by atoms with Gasteiger partial charge in [-0.05, 0) is 6.07 Å². The highest BCUT2D eigenvalue weighted by atomic mass is 16.6. The lowest BCUT2D eigenvalue weighted by molar-refractivity contribution is 0.0611. The van der Waals surface area contributed by atoms with E-state index >= 15 is 0 Å². The summed E-state index contributed by atoms with van der Waals surface area (Å²) in [5.74, 6) is -0.0984. The van der Waals surface area contributed by atoms with Gasteiger partial charge in [0.2, 0.25) is 0 Å². The fraction of sp³-hybridized carbons (Fsp3) is 0.312. The molecule has 7 heteroatoms. The van der Waals surface area contributed by atoms with E-state index in [2.05, 4.69) is 10.2 Å². The lowest BCUT2D eigenvalue weighted by atomic mass is 10.1. The predicted molar refractivity (Wildman–Crippen MR) is 81.8 cm³/mol. The molecule has 1 aromatic carbocycles. The van der Waals surface area contributed by atoms with Gasteiger partial charge in [-0.15, -0.1) is 0 Å². The molecule has 118 valence electrons. The molecule has 0 saturated carbocycles. The molecule has 2 fully saturated rings. The molecule has 7 nitrogen and oxygen atoms in total. The SMILES string of the molecule is O=C(c1cc(-c2ccccc2)n[nH]1)N1CCN2C(=O)OC[C@H]2C1. The number of nitrogens with zero attached hydrogens (tertiary/aromatic N) is 3. The fourth-order valence-electron chi connectivity index (χ4n) is 3.03. The highest BCUT2D eigenvalue weighted by Gasteiger charge is 2.39. The Morgan fingerprint density at radius 3 is 2.91 bits per heavy atom. The lowest BCUT2D eigenvalue weighted by Gasteiger charge is -2.35. The summed E-state index contributed by atoms with van der Waals surface area (Å²) in [5.41, 5.74) is 2.16. The summed E-state index contributed by atoms with van der Waals surface area (Å²) in [5, 5.41) is 7.04. The number of cyclic esters (lactones) is 1. The summed E-state index contributed by atoms with van der Waals surface area (Å²) in [7, 11) is 0. The number of hydrogen-bond acceptors (Lipinski definition) is 4. The van der Waals surface area contributed by atoms with Crippen LogP contribution in [0.15, 0.2) is 36.4 Å². The van der Waals surface area contributed by atoms with Gasteiger partial charge in [-0.2, -0.15) is 5.10 Å². The van der Waals surface area contributed by atoms with Crippen LogP contribution in [0.3, 0.4) is 0 Å². The highest BCUT2D eigenvalue weighted by molar-refractivity contribution is 5.93. The van der Waals surface area contributed by atoms with Crippen molar-refractivity contribution in [3.8, 4) is 11.3 Å². The van der Waals surface area contributed by atoms with Crippen molar-refractivity contribution in [1.29, 1.82) is 0 Å². The van der Waals surface area contributed by atoms with Gasteiger partial charge in [0, 0.05) is 25.2 Å². The molecule has 3 heterocycles. The van der Waals surface area contributed by atoms with Crippen molar-refractivity contribution in [2.24, 2.45) is 0 Å². The Morgan fingerprint density at radius 2 is 2.09 bits per heavy atom. The Bertz CT molecular complexity index is 743.